The monoisotopic (exact) mass is 371 g/mol. The number of guanidine groups is 1. The van der Waals surface area contributed by atoms with Crippen molar-refractivity contribution in [2.75, 3.05) is 18.5 Å². The fraction of sp³-hybridized carbons (Fsp3) is 0.227. The van der Waals surface area contributed by atoms with Gasteiger partial charge in [-0.05, 0) is 18.1 Å². The van der Waals surface area contributed by atoms with Gasteiger partial charge in [0.2, 0.25) is 5.96 Å². The molecule has 2 aromatic carbocycles. The van der Waals surface area contributed by atoms with Gasteiger partial charge in [0.15, 0.2) is 11.5 Å². The molecule has 0 spiro atoms. The van der Waals surface area contributed by atoms with E-state index in [2.05, 4.69) is 29.2 Å². The molecule has 3 heterocycles. The van der Waals surface area contributed by atoms with Crippen LogP contribution in [-0.2, 0) is 6.54 Å². The van der Waals surface area contributed by atoms with Crippen molar-refractivity contribution in [1.82, 2.24) is 14.5 Å². The Hall–Kier alpha value is -3.41. The summed E-state index contributed by atoms with van der Waals surface area (Å²) in [6.45, 7) is 3.26. The summed E-state index contributed by atoms with van der Waals surface area (Å²) < 4.78 is 2.01. The number of aliphatic imine (C=N–C) groups is 1. The first-order valence-corrected chi connectivity index (χ1v) is 9.43. The highest BCUT2D eigenvalue weighted by atomic mass is 16.2. The molecule has 0 aliphatic carbocycles. The summed E-state index contributed by atoms with van der Waals surface area (Å²) in [5.41, 5.74) is 2.92. The number of carbonyl (C=O) groups excluding carboxylic acids is 1. The minimum atomic E-state index is -0.0600. The standard InChI is InChI=1S/C22H21N5O/c1-15-23-20-19(26(15)13-16-9-5-3-6-10-16)21(28)25(2)22-24-18(14-27(20)22)17-11-7-4-8-12-17/h3-12,18H,13-14H2,1-2H3/t18-/m1/s1. The van der Waals surface area contributed by atoms with E-state index in [0.717, 1.165) is 17.0 Å². The maximum absolute atomic E-state index is 13.2. The van der Waals surface area contributed by atoms with Gasteiger partial charge in [-0.25, -0.2) is 9.98 Å². The summed E-state index contributed by atoms with van der Waals surface area (Å²) >= 11 is 0. The van der Waals surface area contributed by atoms with Crippen LogP contribution in [0.1, 0.15) is 33.5 Å². The number of hydrogen-bond acceptors (Lipinski definition) is 4. The molecule has 0 radical (unpaired) electrons. The number of nitrogens with zero attached hydrogens (tertiary/aromatic N) is 5. The molecule has 0 unspecified atom stereocenters. The van der Waals surface area contributed by atoms with Crippen molar-refractivity contribution < 1.29 is 4.79 Å². The number of carbonyl (C=O) groups is 1. The number of benzene rings is 2. The Bertz CT molecular complexity index is 1070. The first-order chi connectivity index (χ1) is 13.6. The summed E-state index contributed by atoms with van der Waals surface area (Å²) in [5.74, 6) is 2.17. The number of fused-ring (bicyclic) bond motifs is 3. The molecule has 5 rings (SSSR count). The van der Waals surface area contributed by atoms with Crippen LogP contribution in [0.3, 0.4) is 0 Å². The lowest BCUT2D eigenvalue weighted by molar-refractivity contribution is 0.0855. The molecule has 0 fully saturated rings. The number of hydrogen-bond donors (Lipinski definition) is 0. The quantitative estimate of drug-likeness (QED) is 0.710. The molecule has 0 saturated carbocycles. The van der Waals surface area contributed by atoms with Crippen LogP contribution in [0.5, 0.6) is 0 Å². The van der Waals surface area contributed by atoms with Gasteiger partial charge in [0.1, 0.15) is 5.82 Å². The van der Waals surface area contributed by atoms with Gasteiger partial charge in [-0.1, -0.05) is 60.7 Å². The molecule has 1 aromatic heterocycles. The molecule has 6 nitrogen and oxygen atoms in total. The molecule has 6 heteroatoms. The smallest absolute Gasteiger partial charge is 0.280 e. The van der Waals surface area contributed by atoms with Gasteiger partial charge in [0.25, 0.3) is 5.91 Å². The first-order valence-electron chi connectivity index (χ1n) is 9.43. The molecule has 0 N–H and O–H groups in total. The molecule has 140 valence electrons. The minimum Gasteiger partial charge on any atom is -0.318 e. The van der Waals surface area contributed by atoms with Crippen LogP contribution in [0, 0.1) is 6.92 Å². The van der Waals surface area contributed by atoms with Gasteiger partial charge in [0.05, 0.1) is 12.6 Å². The van der Waals surface area contributed by atoms with Gasteiger partial charge >= 0.3 is 0 Å². The molecular formula is C22H21N5O. The Morgan fingerprint density at radius 1 is 1.04 bits per heavy atom. The summed E-state index contributed by atoms with van der Waals surface area (Å²) in [6.07, 6.45) is 0. The van der Waals surface area contributed by atoms with E-state index >= 15 is 0 Å². The SMILES string of the molecule is Cc1nc2c(n1Cc1ccccc1)C(=O)N(C)C1=N[C@@H](c3ccccc3)CN12. The Balaban J connectivity index is 1.56. The van der Waals surface area contributed by atoms with Crippen LogP contribution in [0.25, 0.3) is 0 Å². The van der Waals surface area contributed by atoms with Gasteiger partial charge in [-0.3, -0.25) is 14.6 Å². The second kappa shape index (κ2) is 6.34. The number of aromatic nitrogens is 2. The van der Waals surface area contributed by atoms with E-state index in [1.54, 1.807) is 11.9 Å². The van der Waals surface area contributed by atoms with Crippen molar-refractivity contribution >= 4 is 17.7 Å². The van der Waals surface area contributed by atoms with Gasteiger partial charge in [-0.2, -0.15) is 0 Å². The van der Waals surface area contributed by atoms with Gasteiger partial charge in [-0.15, -0.1) is 0 Å². The number of aryl methyl sites for hydroxylation is 1. The highest BCUT2D eigenvalue weighted by Crippen LogP contribution is 2.36. The topological polar surface area (TPSA) is 53.7 Å². The second-order valence-corrected chi connectivity index (χ2v) is 7.23. The van der Waals surface area contributed by atoms with Crippen LogP contribution in [0.2, 0.25) is 0 Å². The van der Waals surface area contributed by atoms with E-state index in [0.29, 0.717) is 30.6 Å². The highest BCUT2D eigenvalue weighted by molar-refractivity contribution is 6.17. The van der Waals surface area contributed by atoms with E-state index in [1.165, 1.54) is 0 Å². The molecule has 0 bridgehead atoms. The van der Waals surface area contributed by atoms with Crippen molar-refractivity contribution in [1.29, 1.82) is 0 Å². The van der Waals surface area contributed by atoms with Crippen LogP contribution in [0.15, 0.2) is 65.7 Å². The molecule has 3 aromatic rings. The highest BCUT2D eigenvalue weighted by Gasteiger charge is 2.42. The predicted molar refractivity (Wildman–Crippen MR) is 109 cm³/mol. The van der Waals surface area contributed by atoms with E-state index in [-0.39, 0.29) is 11.9 Å². The van der Waals surface area contributed by atoms with Crippen LogP contribution < -0.4 is 4.90 Å². The van der Waals surface area contributed by atoms with Crippen molar-refractivity contribution in [3.8, 4) is 0 Å². The first kappa shape index (κ1) is 16.7. The van der Waals surface area contributed by atoms with Crippen LogP contribution >= 0.6 is 0 Å². The molecule has 28 heavy (non-hydrogen) atoms. The second-order valence-electron chi connectivity index (χ2n) is 7.23. The molecule has 1 atom stereocenters. The third-order valence-corrected chi connectivity index (χ3v) is 5.44. The lowest BCUT2D eigenvalue weighted by atomic mass is 10.1. The molecular weight excluding hydrogens is 350 g/mol. The molecule has 2 aliphatic heterocycles. The van der Waals surface area contributed by atoms with Gasteiger partial charge in [0, 0.05) is 13.6 Å². The Morgan fingerprint density at radius 3 is 2.43 bits per heavy atom. The zero-order valence-electron chi connectivity index (χ0n) is 15.9. The average Bonchev–Trinajstić information content (AvgIpc) is 3.30. The fourth-order valence-corrected chi connectivity index (χ4v) is 3.97. The van der Waals surface area contributed by atoms with Crippen molar-refractivity contribution in [3.05, 3.63) is 83.3 Å². The van der Waals surface area contributed by atoms with Crippen molar-refractivity contribution in [2.24, 2.45) is 4.99 Å². The lowest BCUT2D eigenvalue weighted by Crippen LogP contribution is -2.48. The zero-order chi connectivity index (χ0) is 19.3. The molecule has 1 amide bonds. The number of anilines is 1. The maximum atomic E-state index is 13.2. The largest absolute Gasteiger partial charge is 0.318 e. The van der Waals surface area contributed by atoms with E-state index < -0.39 is 0 Å². The van der Waals surface area contributed by atoms with E-state index in [4.69, 9.17) is 9.98 Å². The van der Waals surface area contributed by atoms with E-state index in [9.17, 15) is 4.79 Å². The van der Waals surface area contributed by atoms with Gasteiger partial charge < -0.3 is 4.57 Å². The Morgan fingerprint density at radius 2 is 1.71 bits per heavy atom. The zero-order valence-corrected chi connectivity index (χ0v) is 15.9. The fourth-order valence-electron chi connectivity index (χ4n) is 3.97. The molecule has 2 aliphatic rings. The average molecular weight is 371 g/mol. The maximum Gasteiger partial charge on any atom is 0.280 e. The Kier molecular flexibility index (Phi) is 3.79. The summed E-state index contributed by atoms with van der Waals surface area (Å²) in [4.78, 5) is 26.5. The van der Waals surface area contributed by atoms with Crippen LogP contribution in [0.4, 0.5) is 5.82 Å². The third kappa shape index (κ3) is 2.52. The van der Waals surface area contributed by atoms with Crippen molar-refractivity contribution in [3.63, 3.8) is 0 Å². The summed E-state index contributed by atoms with van der Waals surface area (Å²) in [5, 5.41) is 0. The lowest BCUT2D eigenvalue weighted by Gasteiger charge is -2.31. The van der Waals surface area contributed by atoms with Crippen LogP contribution in [-0.4, -0.2) is 39.9 Å². The normalized spacial score (nSPS) is 18.1. The third-order valence-electron chi connectivity index (χ3n) is 5.44. The summed E-state index contributed by atoms with van der Waals surface area (Å²) in [6, 6.07) is 20.3. The summed E-state index contributed by atoms with van der Waals surface area (Å²) in [7, 11) is 1.79. The van der Waals surface area contributed by atoms with E-state index in [1.807, 2.05) is 47.9 Å². The predicted octanol–water partition coefficient (Wildman–Crippen LogP) is 3.24. The number of rotatable bonds is 3. The molecule has 0 saturated heterocycles. The Labute approximate surface area is 163 Å². The number of imidazole rings is 1. The number of amides is 1. The van der Waals surface area contributed by atoms with Crippen molar-refractivity contribution in [2.45, 2.75) is 19.5 Å². The minimum absolute atomic E-state index is 0.00280.